The van der Waals surface area contributed by atoms with Crippen LogP contribution in [0.3, 0.4) is 0 Å². The Kier molecular flexibility index (Phi) is 4.28. The van der Waals surface area contributed by atoms with Crippen LogP contribution in [0.2, 0.25) is 5.28 Å². The average Bonchev–Trinajstić information content (AvgIpc) is 3.34. The quantitative estimate of drug-likeness (QED) is 0.518. The van der Waals surface area contributed by atoms with Crippen molar-refractivity contribution in [3.05, 3.63) is 47.5 Å². The van der Waals surface area contributed by atoms with Crippen LogP contribution in [0, 0.1) is 0 Å². The zero-order chi connectivity index (χ0) is 16.0. The lowest BCUT2D eigenvalue weighted by Crippen LogP contribution is -2.06. The second-order valence-electron chi connectivity index (χ2n) is 5.59. The van der Waals surface area contributed by atoms with E-state index in [9.17, 15) is 4.79 Å². The SMILES string of the molecule is C.COC(=O)c1cnc(Cl)nc1-c1cn(C2CC2)c2ccccc12. The summed E-state index contributed by atoms with van der Waals surface area (Å²) >= 11 is 5.97. The van der Waals surface area contributed by atoms with Crippen molar-refractivity contribution in [3.8, 4) is 11.3 Å². The van der Waals surface area contributed by atoms with Crippen LogP contribution in [-0.2, 0) is 4.74 Å². The molecular formula is C18H18ClN3O2. The molecule has 1 fully saturated rings. The zero-order valence-electron chi connectivity index (χ0n) is 12.5. The van der Waals surface area contributed by atoms with Gasteiger partial charge >= 0.3 is 5.97 Å². The monoisotopic (exact) mass is 343 g/mol. The van der Waals surface area contributed by atoms with Gasteiger partial charge in [-0.1, -0.05) is 25.6 Å². The number of fused-ring (bicyclic) bond motifs is 1. The van der Waals surface area contributed by atoms with E-state index in [4.69, 9.17) is 16.3 Å². The van der Waals surface area contributed by atoms with Gasteiger partial charge in [0.1, 0.15) is 5.56 Å². The van der Waals surface area contributed by atoms with Crippen LogP contribution >= 0.6 is 11.6 Å². The highest BCUT2D eigenvalue weighted by atomic mass is 35.5. The first-order valence-electron chi connectivity index (χ1n) is 7.40. The van der Waals surface area contributed by atoms with E-state index >= 15 is 0 Å². The van der Waals surface area contributed by atoms with E-state index in [0.29, 0.717) is 17.3 Å². The molecule has 124 valence electrons. The van der Waals surface area contributed by atoms with Gasteiger partial charge in [-0.05, 0) is 30.5 Å². The number of carbonyl (C=O) groups excluding carboxylic acids is 1. The minimum Gasteiger partial charge on any atom is -0.465 e. The Bertz CT molecular complexity index is 916. The topological polar surface area (TPSA) is 57.0 Å². The van der Waals surface area contributed by atoms with Crippen LogP contribution in [0.4, 0.5) is 0 Å². The largest absolute Gasteiger partial charge is 0.465 e. The lowest BCUT2D eigenvalue weighted by Gasteiger charge is -2.06. The summed E-state index contributed by atoms with van der Waals surface area (Å²) in [4.78, 5) is 20.3. The number of carbonyl (C=O) groups is 1. The molecule has 1 aromatic carbocycles. The molecule has 5 nitrogen and oxygen atoms in total. The van der Waals surface area contributed by atoms with Gasteiger partial charge in [0.2, 0.25) is 5.28 Å². The maximum Gasteiger partial charge on any atom is 0.341 e. The molecule has 1 aliphatic rings. The molecule has 2 aromatic heterocycles. The van der Waals surface area contributed by atoms with Crippen LogP contribution in [0.5, 0.6) is 0 Å². The highest BCUT2D eigenvalue weighted by molar-refractivity contribution is 6.28. The van der Waals surface area contributed by atoms with Gasteiger partial charge in [-0.15, -0.1) is 0 Å². The lowest BCUT2D eigenvalue weighted by atomic mass is 10.1. The number of benzene rings is 1. The third kappa shape index (κ3) is 2.65. The molecule has 4 rings (SSSR count). The van der Waals surface area contributed by atoms with E-state index in [1.54, 1.807) is 0 Å². The molecule has 0 amide bonds. The van der Waals surface area contributed by atoms with Crippen LogP contribution in [0.25, 0.3) is 22.2 Å². The molecule has 0 unspecified atom stereocenters. The predicted octanol–water partition coefficient (Wildman–Crippen LogP) is 4.51. The van der Waals surface area contributed by atoms with Crippen molar-refractivity contribution in [1.29, 1.82) is 0 Å². The average molecular weight is 344 g/mol. The van der Waals surface area contributed by atoms with Gasteiger partial charge < -0.3 is 9.30 Å². The minimum absolute atomic E-state index is 0. The normalized spacial score (nSPS) is 13.6. The summed E-state index contributed by atoms with van der Waals surface area (Å²) < 4.78 is 7.10. The summed E-state index contributed by atoms with van der Waals surface area (Å²) in [7, 11) is 1.34. The molecule has 2 heterocycles. The van der Waals surface area contributed by atoms with Gasteiger partial charge in [-0.25, -0.2) is 14.8 Å². The Balaban J connectivity index is 0.00000169. The number of ether oxygens (including phenoxy) is 1. The maximum absolute atomic E-state index is 12.1. The fraction of sp³-hybridized carbons (Fsp3) is 0.278. The second-order valence-corrected chi connectivity index (χ2v) is 5.93. The third-order valence-corrected chi connectivity index (χ3v) is 4.28. The fourth-order valence-electron chi connectivity index (χ4n) is 2.87. The molecular weight excluding hydrogens is 326 g/mol. The standard InChI is InChI=1S/C17H14ClN3O2.CH4/c1-23-16(22)12-8-19-17(18)20-15(12)13-9-21(10-6-7-10)14-5-3-2-4-11(13)14;/h2-5,8-10H,6-7H2,1H3;1H4. The molecule has 0 bridgehead atoms. The second kappa shape index (κ2) is 6.24. The van der Waals surface area contributed by atoms with E-state index in [-0.39, 0.29) is 12.7 Å². The molecule has 0 N–H and O–H groups in total. The van der Waals surface area contributed by atoms with E-state index < -0.39 is 5.97 Å². The van der Waals surface area contributed by atoms with Crippen molar-refractivity contribution in [3.63, 3.8) is 0 Å². The Labute approximate surface area is 145 Å². The van der Waals surface area contributed by atoms with Crippen molar-refractivity contribution < 1.29 is 9.53 Å². The van der Waals surface area contributed by atoms with Gasteiger partial charge in [0.25, 0.3) is 0 Å². The number of halogens is 1. The number of esters is 1. The Morgan fingerprint density at radius 2 is 2.08 bits per heavy atom. The molecule has 1 aliphatic carbocycles. The molecule has 1 saturated carbocycles. The first-order valence-corrected chi connectivity index (χ1v) is 7.77. The van der Waals surface area contributed by atoms with E-state index in [1.165, 1.54) is 26.1 Å². The lowest BCUT2D eigenvalue weighted by molar-refractivity contribution is 0.0600. The van der Waals surface area contributed by atoms with E-state index in [0.717, 1.165) is 16.5 Å². The number of rotatable bonds is 3. The van der Waals surface area contributed by atoms with Crippen LogP contribution in [-0.4, -0.2) is 27.6 Å². The van der Waals surface area contributed by atoms with Crippen molar-refractivity contribution in [2.45, 2.75) is 26.3 Å². The Morgan fingerprint density at radius 1 is 1.33 bits per heavy atom. The number of aromatic nitrogens is 3. The van der Waals surface area contributed by atoms with Gasteiger partial charge in [-0.2, -0.15) is 0 Å². The number of para-hydroxylation sites is 1. The van der Waals surface area contributed by atoms with Crippen LogP contribution in [0.1, 0.15) is 36.7 Å². The molecule has 0 spiro atoms. The van der Waals surface area contributed by atoms with Gasteiger partial charge in [0.15, 0.2) is 0 Å². The molecule has 3 aromatic rings. The van der Waals surface area contributed by atoms with Crippen molar-refractivity contribution in [2.75, 3.05) is 7.11 Å². The first kappa shape index (κ1) is 16.5. The molecule has 0 aliphatic heterocycles. The molecule has 6 heteroatoms. The smallest absolute Gasteiger partial charge is 0.341 e. The molecule has 0 saturated heterocycles. The van der Waals surface area contributed by atoms with Gasteiger partial charge in [0, 0.05) is 34.9 Å². The fourth-order valence-corrected chi connectivity index (χ4v) is 3.01. The van der Waals surface area contributed by atoms with Crippen LogP contribution < -0.4 is 0 Å². The molecule has 24 heavy (non-hydrogen) atoms. The molecule has 0 atom stereocenters. The minimum atomic E-state index is -0.472. The number of nitrogens with zero attached hydrogens (tertiary/aromatic N) is 3. The first-order chi connectivity index (χ1) is 11.2. The van der Waals surface area contributed by atoms with Crippen molar-refractivity contribution >= 4 is 28.5 Å². The van der Waals surface area contributed by atoms with E-state index in [2.05, 4.69) is 20.6 Å². The summed E-state index contributed by atoms with van der Waals surface area (Å²) in [6.07, 6.45) is 5.81. The maximum atomic E-state index is 12.1. The number of methoxy groups -OCH3 is 1. The zero-order valence-corrected chi connectivity index (χ0v) is 13.2. The molecule has 0 radical (unpaired) electrons. The Hall–Kier alpha value is -2.40. The number of hydrogen-bond donors (Lipinski definition) is 0. The summed E-state index contributed by atoms with van der Waals surface area (Å²) in [5, 5.41) is 1.15. The van der Waals surface area contributed by atoms with E-state index in [1.807, 2.05) is 24.4 Å². The summed E-state index contributed by atoms with van der Waals surface area (Å²) in [5.41, 5.74) is 2.83. The van der Waals surface area contributed by atoms with Crippen molar-refractivity contribution in [2.24, 2.45) is 0 Å². The Morgan fingerprint density at radius 3 is 2.79 bits per heavy atom. The van der Waals surface area contributed by atoms with Crippen molar-refractivity contribution in [1.82, 2.24) is 14.5 Å². The van der Waals surface area contributed by atoms with Gasteiger partial charge in [-0.3, -0.25) is 0 Å². The highest BCUT2D eigenvalue weighted by Gasteiger charge is 2.27. The third-order valence-electron chi connectivity index (χ3n) is 4.10. The summed E-state index contributed by atoms with van der Waals surface area (Å²) in [6, 6.07) is 8.62. The summed E-state index contributed by atoms with van der Waals surface area (Å²) in [6.45, 7) is 0. The number of hydrogen-bond acceptors (Lipinski definition) is 4. The van der Waals surface area contributed by atoms with Gasteiger partial charge in [0.05, 0.1) is 12.8 Å². The van der Waals surface area contributed by atoms with Crippen LogP contribution in [0.15, 0.2) is 36.7 Å². The highest BCUT2D eigenvalue weighted by Crippen LogP contribution is 2.41. The predicted molar refractivity (Wildman–Crippen MR) is 94.3 cm³/mol. The summed E-state index contributed by atoms with van der Waals surface area (Å²) in [5.74, 6) is -0.472.